The van der Waals surface area contributed by atoms with Gasteiger partial charge < -0.3 is 20.6 Å². The van der Waals surface area contributed by atoms with Gasteiger partial charge in [-0.3, -0.25) is 4.79 Å². The number of carbonyl (C=O) groups is 1. The summed E-state index contributed by atoms with van der Waals surface area (Å²) in [7, 11) is 0. The number of thiazole rings is 1. The van der Waals surface area contributed by atoms with Crippen molar-refractivity contribution in [2.45, 2.75) is 0 Å². The Bertz CT molecular complexity index is 1000. The van der Waals surface area contributed by atoms with Crippen LogP contribution in [0, 0.1) is 17.7 Å². The van der Waals surface area contributed by atoms with Gasteiger partial charge in [0, 0.05) is 38.0 Å². The molecular weight excluding hydrogens is 433 g/mol. The monoisotopic (exact) mass is 451 g/mol. The van der Waals surface area contributed by atoms with E-state index in [2.05, 4.69) is 30.2 Å². The summed E-state index contributed by atoms with van der Waals surface area (Å²) in [5.74, 6) is -0.477. The van der Waals surface area contributed by atoms with Crippen molar-refractivity contribution in [3.05, 3.63) is 40.1 Å². The number of benzene rings is 1. The van der Waals surface area contributed by atoms with E-state index < -0.39 is 18.3 Å². The quantitative estimate of drug-likeness (QED) is 0.301. The molecule has 2 fully saturated rings. The molecule has 0 saturated carbocycles. The lowest BCUT2D eigenvalue weighted by molar-refractivity contribution is -0.135. The molecule has 0 spiro atoms. The molecule has 9 nitrogen and oxygen atoms in total. The van der Waals surface area contributed by atoms with Gasteiger partial charge in [0.2, 0.25) is 0 Å². The molecule has 3 N–H and O–H groups in total. The van der Waals surface area contributed by atoms with Crippen LogP contribution in [0.15, 0.2) is 39.8 Å². The largest absolute Gasteiger partial charge is 0.480 e. The van der Waals surface area contributed by atoms with Gasteiger partial charge in [-0.1, -0.05) is 29.0 Å². The minimum absolute atomic E-state index is 0.138. The number of carboxylic acid groups (broad SMARTS) is 1. The van der Waals surface area contributed by atoms with E-state index in [-0.39, 0.29) is 10.9 Å². The molecule has 158 valence electrons. The van der Waals surface area contributed by atoms with Crippen LogP contribution in [0.25, 0.3) is 0 Å². The second-order valence-electron chi connectivity index (χ2n) is 7.18. The van der Waals surface area contributed by atoms with Gasteiger partial charge in [-0.25, -0.2) is 9.37 Å². The number of amidine groups is 1. The van der Waals surface area contributed by atoms with Gasteiger partial charge in [0.15, 0.2) is 17.5 Å². The normalized spacial score (nSPS) is 21.6. The molecule has 3 heterocycles. The van der Waals surface area contributed by atoms with E-state index in [1.54, 1.807) is 12.3 Å². The number of halogens is 2. The molecule has 0 aliphatic carbocycles. The van der Waals surface area contributed by atoms with E-state index in [1.165, 1.54) is 17.4 Å². The highest BCUT2D eigenvalue weighted by molar-refractivity contribution is 7.17. The lowest BCUT2D eigenvalue weighted by Crippen LogP contribution is -2.28. The number of aromatic nitrogens is 1. The maximum absolute atomic E-state index is 13.8. The zero-order valence-corrected chi connectivity index (χ0v) is 17.4. The molecule has 1 aromatic carbocycles. The minimum Gasteiger partial charge on any atom is -0.480 e. The van der Waals surface area contributed by atoms with Gasteiger partial charge in [0.1, 0.15) is 5.82 Å². The zero-order valence-electron chi connectivity index (χ0n) is 15.8. The molecule has 2 unspecified atom stereocenters. The number of nitrogens with zero attached hydrogens (tertiary/aromatic N) is 6. The van der Waals surface area contributed by atoms with E-state index in [1.807, 2.05) is 6.07 Å². The number of anilines is 2. The van der Waals surface area contributed by atoms with Crippen LogP contribution >= 0.6 is 22.9 Å². The van der Waals surface area contributed by atoms with Crippen molar-refractivity contribution in [2.24, 2.45) is 33.0 Å². The SMILES string of the molecule is N/C(=N\N=NCC(=O)O)c1cnc(N2CC3CN(c4cccc(F)c4Cl)CC3C2)s1. The Morgan fingerprint density at radius 1 is 1.30 bits per heavy atom. The first-order valence-electron chi connectivity index (χ1n) is 9.24. The Morgan fingerprint density at radius 3 is 2.70 bits per heavy atom. The average molecular weight is 452 g/mol. The number of aliphatic carboxylic acids is 1. The van der Waals surface area contributed by atoms with Crippen LogP contribution in [-0.4, -0.2) is 54.6 Å². The van der Waals surface area contributed by atoms with Crippen LogP contribution < -0.4 is 15.5 Å². The van der Waals surface area contributed by atoms with E-state index in [4.69, 9.17) is 22.4 Å². The first-order valence-corrected chi connectivity index (χ1v) is 10.4. The molecule has 4 rings (SSSR count). The maximum Gasteiger partial charge on any atom is 0.327 e. The van der Waals surface area contributed by atoms with E-state index >= 15 is 0 Å². The van der Waals surface area contributed by atoms with Crippen molar-refractivity contribution < 1.29 is 14.3 Å². The van der Waals surface area contributed by atoms with Gasteiger partial charge >= 0.3 is 5.97 Å². The van der Waals surface area contributed by atoms with Crippen LogP contribution in [0.1, 0.15) is 4.88 Å². The topological polar surface area (TPSA) is 120 Å². The Hall–Kier alpha value is -2.79. The lowest BCUT2D eigenvalue weighted by atomic mass is 10.0. The minimum atomic E-state index is -1.09. The highest BCUT2D eigenvalue weighted by Gasteiger charge is 2.41. The fraction of sp³-hybridized carbons (Fsp3) is 0.389. The van der Waals surface area contributed by atoms with Gasteiger partial charge in [-0.15, -0.1) is 5.10 Å². The molecular formula is C18H19ClFN7O2S. The maximum atomic E-state index is 13.8. The molecule has 1 aromatic heterocycles. The Kier molecular flexibility index (Phi) is 5.82. The molecule has 2 saturated heterocycles. The summed E-state index contributed by atoms with van der Waals surface area (Å²) in [6, 6.07) is 4.90. The predicted octanol–water partition coefficient (Wildman–Crippen LogP) is 2.67. The summed E-state index contributed by atoms with van der Waals surface area (Å²) in [4.78, 5) is 19.9. The summed E-state index contributed by atoms with van der Waals surface area (Å²) < 4.78 is 13.8. The van der Waals surface area contributed by atoms with Crippen molar-refractivity contribution in [3.8, 4) is 0 Å². The Labute approximate surface area is 180 Å². The average Bonchev–Trinajstić information content (AvgIpc) is 3.41. The molecule has 0 radical (unpaired) electrons. The van der Waals surface area contributed by atoms with Crippen molar-refractivity contribution in [1.82, 2.24) is 4.98 Å². The van der Waals surface area contributed by atoms with Crippen LogP contribution in [0.3, 0.4) is 0 Å². The van der Waals surface area contributed by atoms with Gasteiger partial charge in [0.05, 0.1) is 21.8 Å². The summed E-state index contributed by atoms with van der Waals surface area (Å²) in [5, 5.41) is 20.1. The summed E-state index contributed by atoms with van der Waals surface area (Å²) >= 11 is 7.55. The first-order chi connectivity index (χ1) is 14.4. The number of carboxylic acids is 1. The summed E-state index contributed by atoms with van der Waals surface area (Å²) in [5.41, 5.74) is 6.62. The summed E-state index contributed by atoms with van der Waals surface area (Å²) in [6.07, 6.45) is 1.62. The molecule has 2 aliphatic rings. The highest BCUT2D eigenvalue weighted by Crippen LogP contribution is 2.39. The molecule has 12 heteroatoms. The van der Waals surface area contributed by atoms with Crippen LogP contribution in [0.4, 0.5) is 15.2 Å². The van der Waals surface area contributed by atoms with Crippen molar-refractivity contribution in [1.29, 1.82) is 0 Å². The number of hydrogen-bond donors (Lipinski definition) is 2. The molecule has 0 bridgehead atoms. The van der Waals surface area contributed by atoms with Crippen LogP contribution in [0.2, 0.25) is 5.02 Å². The Balaban J connectivity index is 1.38. The zero-order chi connectivity index (χ0) is 21.3. The lowest BCUT2D eigenvalue weighted by Gasteiger charge is -2.23. The second kappa shape index (κ2) is 8.52. The molecule has 2 aliphatic heterocycles. The molecule has 0 amide bonds. The van der Waals surface area contributed by atoms with Gasteiger partial charge in [-0.2, -0.15) is 5.11 Å². The van der Waals surface area contributed by atoms with Crippen molar-refractivity contribution in [3.63, 3.8) is 0 Å². The third-order valence-electron chi connectivity index (χ3n) is 5.20. The van der Waals surface area contributed by atoms with Crippen molar-refractivity contribution in [2.75, 3.05) is 42.5 Å². The number of rotatable bonds is 6. The number of fused-ring (bicyclic) bond motifs is 1. The molecule has 30 heavy (non-hydrogen) atoms. The standard InChI is InChI=1S/C18H19ClFN7O2S/c19-16-12(20)2-1-3-13(16)26-6-10-8-27(9-11(10)7-26)18-22-4-14(30-18)17(21)24-25-23-5-15(28)29/h1-4,10-11H,5-9H2,(H,28,29)(H2,21,23,24). The van der Waals surface area contributed by atoms with Gasteiger partial charge in [0.25, 0.3) is 0 Å². The fourth-order valence-electron chi connectivity index (χ4n) is 3.83. The Morgan fingerprint density at radius 2 is 2.00 bits per heavy atom. The summed E-state index contributed by atoms with van der Waals surface area (Å²) in [6.45, 7) is 2.86. The number of hydrogen-bond acceptors (Lipinski definition) is 7. The second-order valence-corrected chi connectivity index (χ2v) is 8.57. The smallest absolute Gasteiger partial charge is 0.327 e. The highest BCUT2D eigenvalue weighted by atomic mass is 35.5. The van der Waals surface area contributed by atoms with E-state index in [0.29, 0.717) is 16.7 Å². The fourth-order valence-corrected chi connectivity index (χ4v) is 4.91. The van der Waals surface area contributed by atoms with E-state index in [9.17, 15) is 9.18 Å². The first kappa shape index (κ1) is 20.5. The van der Waals surface area contributed by atoms with Crippen LogP contribution in [0.5, 0.6) is 0 Å². The number of nitrogens with two attached hydrogens (primary N) is 1. The molecule has 2 atom stereocenters. The van der Waals surface area contributed by atoms with E-state index in [0.717, 1.165) is 37.0 Å². The predicted molar refractivity (Wildman–Crippen MR) is 113 cm³/mol. The third-order valence-corrected chi connectivity index (χ3v) is 6.65. The third kappa shape index (κ3) is 4.21. The molecule has 2 aromatic rings. The van der Waals surface area contributed by atoms with Crippen molar-refractivity contribution >= 4 is 45.6 Å². The van der Waals surface area contributed by atoms with Crippen LogP contribution in [-0.2, 0) is 4.79 Å². The van der Waals surface area contributed by atoms with Gasteiger partial charge in [-0.05, 0) is 17.4 Å².